The van der Waals surface area contributed by atoms with Crippen LogP contribution in [0.4, 0.5) is 4.39 Å². The van der Waals surface area contributed by atoms with Crippen LogP contribution in [0.1, 0.15) is 5.56 Å². The van der Waals surface area contributed by atoms with Gasteiger partial charge < -0.3 is 9.84 Å². The highest BCUT2D eigenvalue weighted by Crippen LogP contribution is 2.19. The van der Waals surface area contributed by atoms with Crippen molar-refractivity contribution in [3.8, 4) is 0 Å². The molecule has 1 atom stereocenters. The number of aliphatic hydroxyl groups excluding tert-OH is 1. The Hall–Kier alpha value is -0.490. The summed E-state index contributed by atoms with van der Waals surface area (Å²) in [6.07, 6.45) is -0.530. The Morgan fingerprint density at radius 2 is 2.24 bits per heavy atom. The maximum absolute atomic E-state index is 13.1. The van der Waals surface area contributed by atoms with Gasteiger partial charge in [-0.1, -0.05) is 15.9 Å². The predicted octanol–water partition coefficient (Wildman–Crippen LogP) is 2.03. The van der Waals surface area contributed by atoms with Crippen LogP contribution in [0.3, 0.4) is 0 Å². The molecule has 0 radical (unpaired) electrons. The molecule has 1 aromatic carbocycles. The minimum atomic E-state index is -0.530. The van der Waals surface area contributed by atoms with Crippen molar-refractivity contribution in [1.82, 2.24) is 4.90 Å². The van der Waals surface area contributed by atoms with E-state index in [1.54, 1.807) is 13.2 Å². The molecular formula is C12H17BrFNO2. The zero-order valence-corrected chi connectivity index (χ0v) is 11.6. The first-order chi connectivity index (χ1) is 8.02. The van der Waals surface area contributed by atoms with Gasteiger partial charge in [0.05, 0.1) is 12.7 Å². The lowest BCUT2D eigenvalue weighted by Gasteiger charge is -2.20. The molecule has 0 aliphatic carbocycles. The van der Waals surface area contributed by atoms with Gasteiger partial charge in [-0.3, -0.25) is 4.90 Å². The third-order valence-corrected chi connectivity index (χ3v) is 3.10. The minimum absolute atomic E-state index is 0.256. The Balaban J connectivity index is 2.55. The summed E-state index contributed by atoms with van der Waals surface area (Å²) in [7, 11) is 3.42. The predicted molar refractivity (Wildman–Crippen MR) is 68.3 cm³/mol. The van der Waals surface area contributed by atoms with Gasteiger partial charge in [0.15, 0.2) is 0 Å². The fraction of sp³-hybridized carbons (Fsp3) is 0.500. The smallest absolute Gasteiger partial charge is 0.123 e. The molecule has 1 unspecified atom stereocenters. The summed E-state index contributed by atoms with van der Waals surface area (Å²) >= 11 is 3.38. The number of methoxy groups -OCH3 is 1. The molecule has 0 aliphatic heterocycles. The first kappa shape index (κ1) is 14.6. The first-order valence-electron chi connectivity index (χ1n) is 5.32. The molecule has 1 N–H and O–H groups in total. The van der Waals surface area contributed by atoms with E-state index in [2.05, 4.69) is 15.9 Å². The summed E-state index contributed by atoms with van der Waals surface area (Å²) in [5, 5.41) is 9.57. The average molecular weight is 306 g/mol. The summed E-state index contributed by atoms with van der Waals surface area (Å²) in [5.74, 6) is -0.256. The number of hydrogen-bond acceptors (Lipinski definition) is 3. The van der Waals surface area contributed by atoms with Crippen LogP contribution < -0.4 is 0 Å². The quantitative estimate of drug-likeness (QED) is 0.873. The van der Waals surface area contributed by atoms with Crippen LogP contribution in [0.2, 0.25) is 0 Å². The molecule has 1 rings (SSSR count). The molecule has 3 nitrogen and oxygen atoms in total. The molecule has 17 heavy (non-hydrogen) atoms. The number of rotatable bonds is 6. The molecule has 5 heteroatoms. The van der Waals surface area contributed by atoms with Crippen LogP contribution in [0, 0.1) is 5.82 Å². The highest BCUT2D eigenvalue weighted by Gasteiger charge is 2.10. The molecule has 0 aromatic heterocycles. The van der Waals surface area contributed by atoms with E-state index < -0.39 is 6.10 Å². The van der Waals surface area contributed by atoms with Crippen LogP contribution in [-0.4, -0.2) is 43.4 Å². The SMILES string of the molecule is COCC(O)CN(C)Cc1cc(F)ccc1Br. The third kappa shape index (κ3) is 5.12. The van der Waals surface area contributed by atoms with E-state index in [1.165, 1.54) is 12.1 Å². The molecule has 0 aliphatic rings. The summed E-state index contributed by atoms with van der Waals surface area (Å²) in [6, 6.07) is 4.58. The van der Waals surface area contributed by atoms with E-state index >= 15 is 0 Å². The zero-order chi connectivity index (χ0) is 12.8. The van der Waals surface area contributed by atoms with E-state index in [0.717, 1.165) is 10.0 Å². The van der Waals surface area contributed by atoms with Crippen LogP contribution in [0.5, 0.6) is 0 Å². The minimum Gasteiger partial charge on any atom is -0.389 e. The molecule has 0 amide bonds. The van der Waals surface area contributed by atoms with Gasteiger partial charge in [-0.25, -0.2) is 4.39 Å². The molecule has 0 saturated carbocycles. The van der Waals surface area contributed by atoms with Crippen molar-refractivity contribution < 1.29 is 14.2 Å². The number of hydrogen-bond donors (Lipinski definition) is 1. The Kier molecular flexibility index (Phi) is 6.05. The van der Waals surface area contributed by atoms with E-state index in [1.807, 2.05) is 11.9 Å². The number of aliphatic hydroxyl groups is 1. The summed E-state index contributed by atoms with van der Waals surface area (Å²) in [6.45, 7) is 1.35. The molecule has 0 saturated heterocycles. The lowest BCUT2D eigenvalue weighted by molar-refractivity contribution is 0.0418. The number of nitrogens with zero attached hydrogens (tertiary/aromatic N) is 1. The fourth-order valence-corrected chi connectivity index (χ4v) is 2.00. The Labute approximate surface area is 109 Å². The van der Waals surface area contributed by atoms with Crippen molar-refractivity contribution in [2.45, 2.75) is 12.6 Å². The second-order valence-corrected chi connectivity index (χ2v) is 4.90. The molecule has 96 valence electrons. The normalized spacial score (nSPS) is 13.1. The average Bonchev–Trinajstić information content (AvgIpc) is 2.23. The topological polar surface area (TPSA) is 32.7 Å². The van der Waals surface area contributed by atoms with E-state index in [-0.39, 0.29) is 5.82 Å². The Morgan fingerprint density at radius 1 is 1.53 bits per heavy atom. The van der Waals surface area contributed by atoms with Gasteiger partial charge in [-0.2, -0.15) is 0 Å². The zero-order valence-electron chi connectivity index (χ0n) is 9.99. The lowest BCUT2D eigenvalue weighted by atomic mass is 10.2. The molecule has 0 bridgehead atoms. The molecule has 1 aromatic rings. The van der Waals surface area contributed by atoms with Crippen molar-refractivity contribution in [3.63, 3.8) is 0 Å². The van der Waals surface area contributed by atoms with Crippen molar-refractivity contribution in [2.24, 2.45) is 0 Å². The Morgan fingerprint density at radius 3 is 2.88 bits per heavy atom. The van der Waals surface area contributed by atoms with E-state index in [0.29, 0.717) is 19.7 Å². The standard InChI is InChI=1S/C12H17BrFNO2/c1-15(7-11(16)8-17-2)6-9-5-10(14)3-4-12(9)13/h3-5,11,16H,6-8H2,1-2H3. The molecule has 0 heterocycles. The molecule has 0 spiro atoms. The summed E-state index contributed by atoms with van der Waals surface area (Å²) in [4.78, 5) is 1.92. The van der Waals surface area contributed by atoms with Gasteiger partial charge in [0.1, 0.15) is 5.82 Å². The van der Waals surface area contributed by atoms with Gasteiger partial charge in [0.2, 0.25) is 0 Å². The second kappa shape index (κ2) is 7.06. The van der Waals surface area contributed by atoms with Crippen LogP contribution in [-0.2, 0) is 11.3 Å². The summed E-state index contributed by atoms with van der Waals surface area (Å²) in [5.41, 5.74) is 0.858. The van der Waals surface area contributed by atoms with Gasteiger partial charge in [0, 0.05) is 24.7 Å². The number of ether oxygens (including phenoxy) is 1. The molecular weight excluding hydrogens is 289 g/mol. The van der Waals surface area contributed by atoms with Gasteiger partial charge in [-0.15, -0.1) is 0 Å². The lowest BCUT2D eigenvalue weighted by Crippen LogP contribution is -2.31. The maximum Gasteiger partial charge on any atom is 0.123 e. The van der Waals surface area contributed by atoms with Crippen molar-refractivity contribution in [2.75, 3.05) is 27.3 Å². The van der Waals surface area contributed by atoms with Crippen LogP contribution in [0.15, 0.2) is 22.7 Å². The van der Waals surface area contributed by atoms with Gasteiger partial charge in [-0.05, 0) is 30.8 Å². The fourth-order valence-electron chi connectivity index (χ4n) is 1.62. The van der Waals surface area contributed by atoms with E-state index in [4.69, 9.17) is 4.74 Å². The Bertz CT molecular complexity index is 362. The van der Waals surface area contributed by atoms with Crippen LogP contribution in [0.25, 0.3) is 0 Å². The van der Waals surface area contributed by atoms with Gasteiger partial charge in [0.25, 0.3) is 0 Å². The second-order valence-electron chi connectivity index (χ2n) is 4.04. The maximum atomic E-state index is 13.1. The number of halogens is 2. The van der Waals surface area contributed by atoms with Crippen molar-refractivity contribution in [1.29, 1.82) is 0 Å². The number of benzene rings is 1. The van der Waals surface area contributed by atoms with Crippen molar-refractivity contribution >= 4 is 15.9 Å². The highest BCUT2D eigenvalue weighted by molar-refractivity contribution is 9.10. The summed E-state index contributed by atoms with van der Waals surface area (Å²) < 4.78 is 18.8. The largest absolute Gasteiger partial charge is 0.389 e. The first-order valence-corrected chi connectivity index (χ1v) is 6.11. The van der Waals surface area contributed by atoms with Crippen molar-refractivity contribution in [3.05, 3.63) is 34.1 Å². The van der Waals surface area contributed by atoms with Gasteiger partial charge >= 0.3 is 0 Å². The molecule has 0 fully saturated rings. The highest BCUT2D eigenvalue weighted by atomic mass is 79.9. The monoisotopic (exact) mass is 305 g/mol. The number of likely N-dealkylation sites (N-methyl/N-ethyl adjacent to an activating group) is 1. The third-order valence-electron chi connectivity index (χ3n) is 2.33. The van der Waals surface area contributed by atoms with E-state index in [9.17, 15) is 9.50 Å². The van der Waals surface area contributed by atoms with Crippen LogP contribution >= 0.6 is 15.9 Å².